The molecule has 1 amide bonds. The number of nitrogens with zero attached hydrogens (tertiary/aromatic N) is 1. The van der Waals surface area contributed by atoms with Crippen LogP contribution >= 0.6 is 0 Å². The number of fused-ring (bicyclic) bond motifs is 6. The number of nitrogens with one attached hydrogen (secondary N) is 1. The first-order valence-corrected chi connectivity index (χ1v) is 15.9. The minimum atomic E-state index is -5.32. The van der Waals surface area contributed by atoms with Crippen molar-refractivity contribution in [1.82, 2.24) is 4.90 Å². The molecule has 8 atom stereocenters. The molecule has 5 aliphatic rings. The number of anilines is 1. The lowest BCUT2D eigenvalue weighted by molar-refractivity contribution is -0.256. The summed E-state index contributed by atoms with van der Waals surface area (Å²) in [7, 11) is 1.50. The number of phenolic OH excluding ortho intramolecular Hbond substituents is 2. The molecule has 3 fully saturated rings. The van der Waals surface area contributed by atoms with E-state index in [2.05, 4.69) is 4.90 Å². The molecule has 268 valence electrons. The van der Waals surface area contributed by atoms with Crippen molar-refractivity contribution in [3.05, 3.63) is 51.6 Å². The molecule has 3 saturated heterocycles. The number of ketones is 3. The molecule has 14 nitrogen and oxygen atoms in total. The number of amides is 1. The van der Waals surface area contributed by atoms with Gasteiger partial charge in [0.15, 0.2) is 36.2 Å². The van der Waals surface area contributed by atoms with E-state index in [1.807, 2.05) is 0 Å². The lowest BCUT2D eigenvalue weighted by Crippen LogP contribution is -2.55. The fourth-order valence-corrected chi connectivity index (χ4v) is 7.76. The topological polar surface area (TPSA) is 190 Å². The number of alkyl halides is 3. The Kier molecular flexibility index (Phi) is 8.33. The summed E-state index contributed by atoms with van der Waals surface area (Å²) in [5.74, 6) is -6.97. The fourth-order valence-electron chi connectivity index (χ4n) is 7.76. The van der Waals surface area contributed by atoms with Gasteiger partial charge in [-0.15, -0.1) is 0 Å². The Labute approximate surface area is 282 Å². The molecule has 0 aromatic heterocycles. The molecule has 0 radical (unpaired) electrons. The van der Waals surface area contributed by atoms with E-state index in [0.717, 1.165) is 25.1 Å². The number of morpholine rings is 1. The van der Waals surface area contributed by atoms with Crippen molar-refractivity contribution >= 4 is 28.9 Å². The molecular weight excluding hydrogens is 673 g/mol. The number of hydrogen-bond donors (Lipinski definition) is 4. The van der Waals surface area contributed by atoms with Crippen molar-refractivity contribution in [2.24, 2.45) is 0 Å². The number of Topliss-reactive ketones (excluding diaryl/α,β-unsaturated/α-hetero) is 1. The number of aromatic hydroxyl groups is 2. The van der Waals surface area contributed by atoms with Crippen LogP contribution in [0.4, 0.5) is 18.9 Å². The van der Waals surface area contributed by atoms with Gasteiger partial charge in [-0.1, -0.05) is 12.1 Å². The molecule has 3 aliphatic heterocycles. The predicted octanol–water partition coefficient (Wildman–Crippen LogP) is 2.23. The molecule has 4 N–H and O–H groups in total. The van der Waals surface area contributed by atoms with Crippen molar-refractivity contribution in [1.29, 1.82) is 0 Å². The summed E-state index contributed by atoms with van der Waals surface area (Å²) in [5.41, 5.74) is -5.71. The van der Waals surface area contributed by atoms with Crippen LogP contribution in [-0.2, 0) is 39.7 Å². The van der Waals surface area contributed by atoms with Crippen LogP contribution in [0.1, 0.15) is 75.8 Å². The molecular formula is C33H33F3N2O12. The maximum Gasteiger partial charge on any atom is 0.471 e. The first-order chi connectivity index (χ1) is 23.6. The van der Waals surface area contributed by atoms with E-state index in [1.165, 1.54) is 7.11 Å². The van der Waals surface area contributed by atoms with E-state index in [-0.39, 0.29) is 23.6 Å². The van der Waals surface area contributed by atoms with Crippen molar-refractivity contribution in [2.45, 2.75) is 88.0 Å². The van der Waals surface area contributed by atoms with E-state index in [0.29, 0.717) is 13.2 Å². The van der Waals surface area contributed by atoms with Crippen molar-refractivity contribution in [2.75, 3.05) is 25.6 Å². The average Bonchev–Trinajstić information content (AvgIpc) is 3.44. The standard InChI is InChI=1S/C33H33F3N2O12/c1-12-28-17(38-7-8-47-30(46-3)29(38)50-28)9-19(48-12)49-18-11-32(45,13(2)39)10-15-21(18)27(43)23-22(25(15)41)24(40)14-5-4-6-16(20(14)26(23)42)37-31(44)33(34,35)36/h4-6,12,17-19,28-30,41,43,45H,7-11H2,1-3H3,(H,37,44). The van der Waals surface area contributed by atoms with Crippen molar-refractivity contribution in [3.63, 3.8) is 0 Å². The van der Waals surface area contributed by atoms with E-state index in [9.17, 15) is 47.7 Å². The SMILES string of the molecule is COC1OCCN2C3CC(OC4CC(O)(C(C)=O)Cc5c(O)c6c(c(O)c54)C(=O)c4c(NC(=O)C(F)(F)F)cccc4C6=O)OC(C)C3OC12. The highest BCUT2D eigenvalue weighted by molar-refractivity contribution is 6.32. The van der Waals surface area contributed by atoms with E-state index < -0.39 is 124 Å². The number of hydrogen-bond acceptors (Lipinski definition) is 13. The normalized spacial score (nSPS) is 32.0. The maximum atomic E-state index is 14.0. The van der Waals surface area contributed by atoms with Crippen molar-refractivity contribution in [3.8, 4) is 11.5 Å². The molecule has 0 spiro atoms. The van der Waals surface area contributed by atoms with Crippen molar-refractivity contribution < 1.29 is 71.4 Å². The highest BCUT2D eigenvalue weighted by Crippen LogP contribution is 2.53. The molecule has 2 aromatic rings. The zero-order chi connectivity index (χ0) is 36.0. The third-order valence-corrected chi connectivity index (χ3v) is 10.2. The Morgan fingerprint density at radius 1 is 1.08 bits per heavy atom. The summed E-state index contributed by atoms with van der Waals surface area (Å²) < 4.78 is 69.2. The van der Waals surface area contributed by atoms with Gasteiger partial charge in [0.25, 0.3) is 0 Å². The third kappa shape index (κ3) is 5.30. The molecule has 0 bridgehead atoms. The highest BCUT2D eigenvalue weighted by atomic mass is 19.4. The van der Waals surface area contributed by atoms with Gasteiger partial charge >= 0.3 is 12.1 Å². The first-order valence-electron chi connectivity index (χ1n) is 15.9. The Hall–Kier alpha value is -3.97. The Bertz CT molecular complexity index is 1820. The number of methoxy groups -OCH3 is 1. The molecule has 8 unspecified atom stereocenters. The Balaban J connectivity index is 1.28. The summed E-state index contributed by atoms with van der Waals surface area (Å²) in [4.78, 5) is 54.4. The minimum absolute atomic E-state index is 0.210. The number of benzene rings is 2. The molecule has 0 saturated carbocycles. The van der Waals surface area contributed by atoms with Gasteiger partial charge in [-0.3, -0.25) is 24.1 Å². The van der Waals surface area contributed by atoms with Crippen LogP contribution in [-0.4, -0.2) is 113 Å². The molecule has 2 aromatic carbocycles. The van der Waals surface area contributed by atoms with Gasteiger partial charge in [0.2, 0.25) is 0 Å². The number of ether oxygens (including phenoxy) is 5. The second kappa shape index (κ2) is 12.1. The van der Waals surface area contributed by atoms with Crippen LogP contribution in [0.15, 0.2) is 18.2 Å². The van der Waals surface area contributed by atoms with E-state index in [4.69, 9.17) is 23.7 Å². The number of rotatable bonds is 5. The monoisotopic (exact) mass is 706 g/mol. The number of carbonyl (C=O) groups is 4. The number of aliphatic hydroxyl groups is 1. The quantitative estimate of drug-likeness (QED) is 0.283. The molecule has 2 aliphatic carbocycles. The van der Waals surface area contributed by atoms with Crippen LogP contribution in [0.25, 0.3) is 0 Å². The minimum Gasteiger partial charge on any atom is -0.507 e. The van der Waals surface area contributed by atoms with Gasteiger partial charge in [-0.25, -0.2) is 0 Å². The summed E-state index contributed by atoms with van der Waals surface area (Å²) in [6.07, 6.45) is -10.6. The Morgan fingerprint density at radius 2 is 1.80 bits per heavy atom. The summed E-state index contributed by atoms with van der Waals surface area (Å²) in [5, 5.41) is 36.4. The maximum absolute atomic E-state index is 14.0. The number of carbonyl (C=O) groups excluding carboxylic acids is 4. The molecule has 50 heavy (non-hydrogen) atoms. The lowest BCUT2D eigenvalue weighted by Gasteiger charge is -2.43. The lowest BCUT2D eigenvalue weighted by atomic mass is 9.72. The zero-order valence-corrected chi connectivity index (χ0v) is 26.9. The highest BCUT2D eigenvalue weighted by Gasteiger charge is 2.55. The van der Waals surface area contributed by atoms with Crippen LogP contribution in [0.5, 0.6) is 11.5 Å². The predicted molar refractivity (Wildman–Crippen MR) is 160 cm³/mol. The van der Waals surface area contributed by atoms with E-state index >= 15 is 0 Å². The van der Waals surface area contributed by atoms with Gasteiger partial charge in [-0.2, -0.15) is 13.2 Å². The Morgan fingerprint density at radius 3 is 2.48 bits per heavy atom. The van der Waals surface area contributed by atoms with Gasteiger partial charge in [-0.05, 0) is 19.9 Å². The summed E-state index contributed by atoms with van der Waals surface area (Å²) in [6.45, 7) is 3.79. The fraction of sp³-hybridized carbons (Fsp3) is 0.515. The second-order valence-corrected chi connectivity index (χ2v) is 13.0. The number of halogens is 3. The molecule has 3 heterocycles. The van der Waals surface area contributed by atoms with Gasteiger partial charge in [0.05, 0.1) is 41.2 Å². The third-order valence-electron chi connectivity index (χ3n) is 10.2. The summed E-state index contributed by atoms with van der Waals surface area (Å²) in [6, 6.07) is 3.00. The molecule has 7 rings (SSSR count). The largest absolute Gasteiger partial charge is 0.507 e. The molecule has 17 heteroatoms. The van der Waals surface area contributed by atoms with Gasteiger partial charge < -0.3 is 44.3 Å². The zero-order valence-electron chi connectivity index (χ0n) is 26.9. The smallest absolute Gasteiger partial charge is 0.471 e. The number of phenols is 2. The van der Waals surface area contributed by atoms with Crippen LogP contribution in [0.2, 0.25) is 0 Å². The average molecular weight is 707 g/mol. The summed E-state index contributed by atoms with van der Waals surface area (Å²) >= 11 is 0. The second-order valence-electron chi connectivity index (χ2n) is 13.0. The van der Waals surface area contributed by atoms with Crippen LogP contribution < -0.4 is 5.32 Å². The van der Waals surface area contributed by atoms with Crippen LogP contribution in [0, 0.1) is 0 Å². The van der Waals surface area contributed by atoms with Gasteiger partial charge in [0.1, 0.15) is 23.2 Å². The first kappa shape index (κ1) is 34.5. The van der Waals surface area contributed by atoms with E-state index in [1.54, 1.807) is 12.2 Å². The van der Waals surface area contributed by atoms with Gasteiger partial charge in [0, 0.05) is 55.6 Å². The van der Waals surface area contributed by atoms with Crippen LogP contribution in [0.3, 0.4) is 0 Å².